The molecule has 1 radical (unpaired) electrons. The van der Waals surface area contributed by atoms with Crippen molar-refractivity contribution >= 4 is 16.5 Å². The first-order valence-corrected chi connectivity index (χ1v) is 5.05. The quantitative estimate of drug-likeness (QED) is 0.770. The van der Waals surface area contributed by atoms with Gasteiger partial charge in [-0.05, 0) is 23.9 Å². The zero-order chi connectivity index (χ0) is 9.80. The molecule has 0 aromatic heterocycles. The third-order valence-electron chi connectivity index (χ3n) is 2.27. The van der Waals surface area contributed by atoms with E-state index in [0.29, 0.717) is 0 Å². The molecule has 0 atom stereocenters. The molecule has 1 nitrogen and oxygen atoms in total. The number of rotatable bonds is 3. The first kappa shape index (κ1) is 9.07. The fourth-order valence-corrected chi connectivity index (χ4v) is 1.57. The summed E-state index contributed by atoms with van der Waals surface area (Å²) in [6.45, 7) is 3.19. The van der Waals surface area contributed by atoms with Crippen molar-refractivity contribution in [2.24, 2.45) is 0 Å². The summed E-state index contributed by atoms with van der Waals surface area (Å²) in [5.41, 5.74) is 1.21. The predicted molar refractivity (Wildman–Crippen MR) is 61.6 cm³/mol. The van der Waals surface area contributed by atoms with Crippen LogP contribution in [-0.4, -0.2) is 6.54 Å². The van der Waals surface area contributed by atoms with E-state index < -0.39 is 0 Å². The first-order chi connectivity index (χ1) is 6.92. The maximum absolute atomic E-state index is 3.42. The fraction of sp³-hybridized carbons (Fsp3) is 0.231. The summed E-state index contributed by atoms with van der Waals surface area (Å²) in [4.78, 5) is 0. The van der Waals surface area contributed by atoms with E-state index in [1.807, 2.05) is 12.1 Å². The van der Waals surface area contributed by atoms with Gasteiger partial charge in [0.15, 0.2) is 0 Å². The summed E-state index contributed by atoms with van der Waals surface area (Å²) >= 11 is 0. The minimum Gasteiger partial charge on any atom is -0.385 e. The van der Waals surface area contributed by atoms with Gasteiger partial charge in [-0.15, -0.1) is 0 Å². The highest BCUT2D eigenvalue weighted by Gasteiger charge is 1.97. The molecule has 0 unspecified atom stereocenters. The zero-order valence-corrected chi connectivity index (χ0v) is 8.38. The molecule has 0 bridgehead atoms. The summed E-state index contributed by atoms with van der Waals surface area (Å²) < 4.78 is 0. The lowest BCUT2D eigenvalue weighted by Gasteiger charge is -2.07. The van der Waals surface area contributed by atoms with Crippen molar-refractivity contribution in [2.45, 2.75) is 13.3 Å². The number of fused-ring (bicyclic) bond motifs is 1. The summed E-state index contributed by atoms with van der Waals surface area (Å²) in [5, 5.41) is 5.85. The third kappa shape index (κ3) is 1.72. The topological polar surface area (TPSA) is 12.0 Å². The van der Waals surface area contributed by atoms with Crippen LogP contribution in [0.4, 0.5) is 5.69 Å². The van der Waals surface area contributed by atoms with E-state index in [9.17, 15) is 0 Å². The maximum atomic E-state index is 3.42. The Balaban J connectivity index is 2.43. The Kier molecular flexibility index (Phi) is 2.68. The van der Waals surface area contributed by atoms with E-state index in [1.165, 1.54) is 16.5 Å². The number of hydrogen-bond donors (Lipinski definition) is 1. The summed E-state index contributed by atoms with van der Waals surface area (Å²) in [6, 6.07) is 15.6. The highest BCUT2D eigenvalue weighted by Crippen LogP contribution is 2.22. The van der Waals surface area contributed by atoms with E-state index in [-0.39, 0.29) is 0 Å². The Bertz CT molecular complexity index is 415. The lowest BCUT2D eigenvalue weighted by Crippen LogP contribution is -1.99. The van der Waals surface area contributed by atoms with Gasteiger partial charge in [0.25, 0.3) is 0 Å². The Morgan fingerprint density at radius 2 is 2.14 bits per heavy atom. The number of anilines is 1. The van der Waals surface area contributed by atoms with Crippen molar-refractivity contribution in [2.75, 3.05) is 11.9 Å². The normalized spacial score (nSPS) is 10.4. The van der Waals surface area contributed by atoms with Gasteiger partial charge in [-0.2, -0.15) is 0 Å². The Hall–Kier alpha value is -1.50. The van der Waals surface area contributed by atoms with Gasteiger partial charge in [-0.1, -0.05) is 37.3 Å². The van der Waals surface area contributed by atoms with Gasteiger partial charge in [-0.25, -0.2) is 0 Å². The van der Waals surface area contributed by atoms with E-state index in [0.717, 1.165) is 13.0 Å². The molecule has 2 aromatic rings. The molecule has 0 heterocycles. The van der Waals surface area contributed by atoms with Gasteiger partial charge in [0, 0.05) is 17.6 Å². The van der Waals surface area contributed by atoms with Crippen LogP contribution in [0.5, 0.6) is 0 Å². The molecule has 0 aliphatic rings. The molecule has 0 aliphatic carbocycles. The van der Waals surface area contributed by atoms with Crippen molar-refractivity contribution < 1.29 is 0 Å². The van der Waals surface area contributed by atoms with Gasteiger partial charge in [0.1, 0.15) is 0 Å². The van der Waals surface area contributed by atoms with Crippen LogP contribution in [0.15, 0.2) is 36.4 Å². The van der Waals surface area contributed by atoms with Crippen molar-refractivity contribution in [1.29, 1.82) is 0 Å². The van der Waals surface area contributed by atoms with E-state index in [2.05, 4.69) is 42.6 Å². The standard InChI is InChI=1S/C13H14N/c1-2-10-14-13-9-5-7-11-6-3-4-8-12(11)13/h3-5,7-9,14H,2,10H2,1H3. The van der Waals surface area contributed by atoms with Gasteiger partial charge >= 0.3 is 0 Å². The summed E-state index contributed by atoms with van der Waals surface area (Å²) in [7, 11) is 0. The lowest BCUT2D eigenvalue weighted by atomic mass is 10.1. The lowest BCUT2D eigenvalue weighted by molar-refractivity contribution is 0.981. The molecule has 14 heavy (non-hydrogen) atoms. The van der Waals surface area contributed by atoms with Gasteiger partial charge in [0.05, 0.1) is 0 Å². The molecule has 0 aliphatic heterocycles. The second-order valence-electron chi connectivity index (χ2n) is 3.36. The van der Waals surface area contributed by atoms with Crippen LogP contribution in [0.25, 0.3) is 10.8 Å². The van der Waals surface area contributed by atoms with Crippen LogP contribution < -0.4 is 5.32 Å². The molecule has 2 rings (SSSR count). The second kappa shape index (κ2) is 4.14. The number of nitrogens with one attached hydrogen (secondary N) is 1. The number of benzene rings is 2. The van der Waals surface area contributed by atoms with Crippen molar-refractivity contribution in [3.8, 4) is 0 Å². The van der Waals surface area contributed by atoms with Gasteiger partial charge in [0.2, 0.25) is 0 Å². The molecule has 0 saturated heterocycles. The molecular weight excluding hydrogens is 170 g/mol. The van der Waals surface area contributed by atoms with Crippen LogP contribution in [0.2, 0.25) is 0 Å². The minimum atomic E-state index is 1.02. The number of hydrogen-bond acceptors (Lipinski definition) is 1. The average molecular weight is 184 g/mol. The minimum absolute atomic E-state index is 1.02. The van der Waals surface area contributed by atoms with Crippen LogP contribution in [0, 0.1) is 6.07 Å². The van der Waals surface area contributed by atoms with E-state index in [1.54, 1.807) is 0 Å². The Morgan fingerprint density at radius 1 is 1.21 bits per heavy atom. The molecule has 0 spiro atoms. The Morgan fingerprint density at radius 3 is 3.00 bits per heavy atom. The van der Waals surface area contributed by atoms with Crippen LogP contribution in [0.3, 0.4) is 0 Å². The molecule has 0 fully saturated rings. The van der Waals surface area contributed by atoms with Gasteiger partial charge < -0.3 is 5.32 Å². The highest BCUT2D eigenvalue weighted by molar-refractivity contribution is 5.93. The molecule has 0 amide bonds. The molecule has 1 N–H and O–H groups in total. The van der Waals surface area contributed by atoms with E-state index >= 15 is 0 Å². The highest BCUT2D eigenvalue weighted by atomic mass is 14.9. The van der Waals surface area contributed by atoms with Crippen molar-refractivity contribution in [3.05, 3.63) is 42.5 Å². The molecule has 2 aromatic carbocycles. The molecular formula is C13H14N. The molecule has 71 valence electrons. The monoisotopic (exact) mass is 184 g/mol. The van der Waals surface area contributed by atoms with Crippen LogP contribution in [0.1, 0.15) is 13.3 Å². The average Bonchev–Trinajstić information content (AvgIpc) is 2.26. The van der Waals surface area contributed by atoms with E-state index in [4.69, 9.17) is 0 Å². The SMILES string of the molecule is CCCNc1cccc2[c]cccc12. The second-order valence-corrected chi connectivity index (χ2v) is 3.36. The molecule has 1 heteroatoms. The third-order valence-corrected chi connectivity index (χ3v) is 2.27. The Labute approximate surface area is 84.8 Å². The van der Waals surface area contributed by atoms with Crippen LogP contribution >= 0.6 is 0 Å². The largest absolute Gasteiger partial charge is 0.385 e. The maximum Gasteiger partial charge on any atom is 0.0420 e. The zero-order valence-electron chi connectivity index (χ0n) is 8.38. The summed E-state index contributed by atoms with van der Waals surface area (Å²) in [6.07, 6.45) is 1.15. The summed E-state index contributed by atoms with van der Waals surface area (Å²) in [5.74, 6) is 0. The van der Waals surface area contributed by atoms with Gasteiger partial charge in [-0.3, -0.25) is 0 Å². The van der Waals surface area contributed by atoms with Crippen molar-refractivity contribution in [1.82, 2.24) is 0 Å². The van der Waals surface area contributed by atoms with Crippen molar-refractivity contribution in [3.63, 3.8) is 0 Å². The smallest absolute Gasteiger partial charge is 0.0420 e. The first-order valence-electron chi connectivity index (χ1n) is 5.05. The predicted octanol–water partition coefficient (Wildman–Crippen LogP) is 3.46. The molecule has 0 saturated carbocycles. The van der Waals surface area contributed by atoms with Crippen LogP contribution in [-0.2, 0) is 0 Å². The fourth-order valence-electron chi connectivity index (χ4n) is 1.57.